The molecule has 3 heteroatoms. The topological polar surface area (TPSA) is 46.5 Å². The van der Waals surface area contributed by atoms with Crippen molar-refractivity contribution >= 4 is 5.97 Å². The smallest absolute Gasteiger partial charge is 0.335 e. The van der Waals surface area contributed by atoms with Crippen LogP contribution in [0.1, 0.15) is 99.8 Å². The third-order valence-corrected chi connectivity index (χ3v) is 7.18. The van der Waals surface area contributed by atoms with Crippen molar-refractivity contribution in [2.75, 3.05) is 0 Å². The van der Waals surface area contributed by atoms with Crippen molar-refractivity contribution in [3.05, 3.63) is 65.3 Å². The summed E-state index contributed by atoms with van der Waals surface area (Å²) in [5.41, 5.74) is 2.48. The van der Waals surface area contributed by atoms with E-state index >= 15 is 0 Å². The summed E-state index contributed by atoms with van der Waals surface area (Å²) < 4.78 is 5.93. The van der Waals surface area contributed by atoms with Gasteiger partial charge in [-0.1, -0.05) is 120 Å². The van der Waals surface area contributed by atoms with Gasteiger partial charge in [-0.3, -0.25) is 0 Å². The second-order valence-electron chi connectivity index (χ2n) is 14.2. The van der Waals surface area contributed by atoms with Gasteiger partial charge in [-0.2, -0.15) is 0 Å². The number of esters is 1. The normalized spacial score (nSPS) is 21.5. The molecule has 1 aromatic rings. The lowest BCUT2D eigenvalue weighted by Gasteiger charge is -2.46. The van der Waals surface area contributed by atoms with Gasteiger partial charge in [0.05, 0.1) is 5.60 Å². The van der Waals surface area contributed by atoms with E-state index in [2.05, 4.69) is 114 Å². The zero-order valence-corrected chi connectivity index (χ0v) is 24.2. The van der Waals surface area contributed by atoms with Crippen LogP contribution in [-0.2, 0) is 22.0 Å². The van der Waals surface area contributed by atoms with Crippen LogP contribution in [0.25, 0.3) is 0 Å². The molecular formula is C32H48O3. The van der Waals surface area contributed by atoms with Gasteiger partial charge >= 0.3 is 5.97 Å². The summed E-state index contributed by atoms with van der Waals surface area (Å²) in [6.07, 6.45) is 8.04. The number of hydrogen-bond donors (Lipinski definition) is 1. The Balaban J connectivity index is 2.84. The van der Waals surface area contributed by atoms with Gasteiger partial charge in [-0.15, -0.1) is 0 Å². The first-order valence-electron chi connectivity index (χ1n) is 12.8. The van der Waals surface area contributed by atoms with Gasteiger partial charge in [-0.25, -0.2) is 4.79 Å². The van der Waals surface area contributed by atoms with E-state index in [0.717, 1.165) is 11.1 Å². The minimum Gasteiger partial charge on any atom is -0.423 e. The van der Waals surface area contributed by atoms with Crippen LogP contribution in [0.3, 0.4) is 0 Å². The van der Waals surface area contributed by atoms with Gasteiger partial charge in [0.2, 0.25) is 0 Å². The van der Waals surface area contributed by atoms with E-state index in [9.17, 15) is 9.90 Å². The number of allylic oxidation sites excluding steroid dienone is 2. The molecule has 0 radical (unpaired) electrons. The molecular weight excluding hydrogens is 432 g/mol. The third kappa shape index (κ3) is 6.36. The lowest BCUT2D eigenvalue weighted by Crippen LogP contribution is -2.49. The van der Waals surface area contributed by atoms with E-state index in [4.69, 9.17) is 4.74 Å². The molecule has 0 bridgehead atoms. The Hall–Kier alpha value is -2.13. The molecule has 2 rings (SSSR count). The van der Waals surface area contributed by atoms with Crippen molar-refractivity contribution in [2.45, 2.75) is 106 Å². The summed E-state index contributed by atoms with van der Waals surface area (Å²) in [4.78, 5) is 12.4. The van der Waals surface area contributed by atoms with E-state index in [1.54, 1.807) is 0 Å². The van der Waals surface area contributed by atoms with Gasteiger partial charge in [-0.05, 0) is 44.8 Å². The highest BCUT2D eigenvalue weighted by Crippen LogP contribution is 2.47. The molecule has 2 unspecified atom stereocenters. The van der Waals surface area contributed by atoms with Crippen molar-refractivity contribution < 1.29 is 14.6 Å². The van der Waals surface area contributed by atoms with E-state index in [1.807, 2.05) is 6.08 Å². The lowest BCUT2D eigenvalue weighted by molar-refractivity contribution is -0.129. The Labute approximate surface area is 214 Å². The standard InChI is InChI=1S/C32H48O3/c1-14-26(33)35-27-21(17-23(29(5,6)7)20-25(27)30(8,9)10)18-24-19-22(28(2,3)4)15-16-32(24,34)31(11,12)13/h14-17,19-20,24,34H,1,18H2,2-13H3. The zero-order chi connectivity index (χ0) is 27.2. The van der Waals surface area contributed by atoms with Gasteiger partial charge in [0.1, 0.15) is 5.75 Å². The molecule has 0 saturated heterocycles. The maximum atomic E-state index is 12.4. The second-order valence-corrected chi connectivity index (χ2v) is 14.2. The first-order chi connectivity index (χ1) is 15.6. The summed E-state index contributed by atoms with van der Waals surface area (Å²) in [5.74, 6) is -0.0707. The largest absolute Gasteiger partial charge is 0.423 e. The van der Waals surface area contributed by atoms with Crippen molar-refractivity contribution in [3.8, 4) is 5.75 Å². The van der Waals surface area contributed by atoms with Crippen LogP contribution in [0, 0.1) is 16.7 Å². The molecule has 1 aliphatic rings. The fourth-order valence-corrected chi connectivity index (χ4v) is 4.59. The Morgan fingerprint density at radius 1 is 0.971 bits per heavy atom. The van der Waals surface area contributed by atoms with Crippen LogP contribution in [0.5, 0.6) is 5.75 Å². The predicted molar refractivity (Wildman–Crippen MR) is 148 cm³/mol. The molecule has 0 heterocycles. The van der Waals surface area contributed by atoms with Crippen LogP contribution in [0.2, 0.25) is 0 Å². The summed E-state index contributed by atoms with van der Waals surface area (Å²) in [6, 6.07) is 4.33. The van der Waals surface area contributed by atoms with Gasteiger partial charge in [0.15, 0.2) is 0 Å². The fraction of sp³-hybridized carbons (Fsp3) is 0.594. The molecule has 0 aliphatic heterocycles. The Kier molecular flexibility index (Phi) is 7.81. The minimum absolute atomic E-state index is 0.0457. The summed E-state index contributed by atoms with van der Waals surface area (Å²) in [5, 5.41) is 12.0. The maximum Gasteiger partial charge on any atom is 0.335 e. The highest BCUT2D eigenvalue weighted by Gasteiger charge is 2.46. The fourth-order valence-electron chi connectivity index (χ4n) is 4.59. The summed E-state index contributed by atoms with van der Waals surface area (Å²) in [6.45, 7) is 29.4. The molecule has 0 saturated carbocycles. The van der Waals surface area contributed by atoms with Crippen LogP contribution in [0.15, 0.2) is 48.6 Å². The molecule has 0 aromatic heterocycles. The molecule has 0 amide bonds. The second kappa shape index (κ2) is 9.39. The average molecular weight is 481 g/mol. The van der Waals surface area contributed by atoms with Crippen molar-refractivity contribution in [1.29, 1.82) is 0 Å². The molecule has 1 aromatic carbocycles. The molecule has 194 valence electrons. The third-order valence-electron chi connectivity index (χ3n) is 7.18. The van der Waals surface area contributed by atoms with E-state index < -0.39 is 11.6 Å². The minimum atomic E-state index is -1.05. The van der Waals surface area contributed by atoms with Crippen molar-refractivity contribution in [1.82, 2.24) is 0 Å². The molecule has 1 aliphatic carbocycles. The van der Waals surface area contributed by atoms with Crippen LogP contribution in [0.4, 0.5) is 0 Å². The first-order valence-corrected chi connectivity index (χ1v) is 12.8. The number of hydrogen-bond acceptors (Lipinski definition) is 3. The molecule has 1 N–H and O–H groups in total. The maximum absolute atomic E-state index is 12.4. The number of carbonyl (C=O) groups is 1. The Bertz CT molecular complexity index is 1030. The number of aliphatic hydroxyl groups is 1. The summed E-state index contributed by atoms with van der Waals surface area (Å²) in [7, 11) is 0. The number of rotatable bonds is 4. The van der Waals surface area contributed by atoms with Crippen molar-refractivity contribution in [2.24, 2.45) is 16.7 Å². The molecule has 3 nitrogen and oxygen atoms in total. The van der Waals surface area contributed by atoms with Crippen molar-refractivity contribution in [3.63, 3.8) is 0 Å². The van der Waals surface area contributed by atoms with E-state index in [1.165, 1.54) is 17.2 Å². The zero-order valence-electron chi connectivity index (χ0n) is 24.2. The number of benzene rings is 1. The Morgan fingerprint density at radius 2 is 1.54 bits per heavy atom. The SMILES string of the molecule is C=CC(=O)Oc1c(CC2C=C(C(C)(C)C)C=CC2(O)C(C)(C)C)cc(C(C)(C)C)cc1C(C)(C)C. The highest BCUT2D eigenvalue weighted by molar-refractivity contribution is 5.84. The quantitative estimate of drug-likeness (QED) is 0.271. The van der Waals surface area contributed by atoms with Gasteiger partial charge < -0.3 is 9.84 Å². The van der Waals surface area contributed by atoms with Gasteiger partial charge in [0.25, 0.3) is 0 Å². The lowest BCUT2D eigenvalue weighted by atomic mass is 9.63. The van der Waals surface area contributed by atoms with E-state index in [-0.39, 0.29) is 27.6 Å². The van der Waals surface area contributed by atoms with Crippen LogP contribution >= 0.6 is 0 Å². The molecule has 2 atom stereocenters. The first kappa shape index (κ1) is 29.1. The number of carbonyl (C=O) groups excluding carboxylic acids is 1. The molecule has 35 heavy (non-hydrogen) atoms. The van der Waals surface area contributed by atoms with Gasteiger partial charge in [0, 0.05) is 17.6 Å². The Morgan fingerprint density at radius 3 is 1.97 bits per heavy atom. The van der Waals surface area contributed by atoms with E-state index in [0.29, 0.717) is 12.2 Å². The molecule has 0 fully saturated rings. The van der Waals surface area contributed by atoms with Crippen LogP contribution < -0.4 is 4.74 Å². The summed E-state index contributed by atoms with van der Waals surface area (Å²) >= 11 is 0. The van der Waals surface area contributed by atoms with Crippen LogP contribution in [-0.4, -0.2) is 16.7 Å². The number of ether oxygens (including phenoxy) is 1. The highest BCUT2D eigenvalue weighted by atomic mass is 16.5. The predicted octanol–water partition coefficient (Wildman–Crippen LogP) is 7.85. The molecule has 0 spiro atoms. The monoisotopic (exact) mass is 480 g/mol. The average Bonchev–Trinajstić information content (AvgIpc) is 2.67.